The topological polar surface area (TPSA) is 61.4 Å². The molecule has 1 fully saturated rings. The number of aliphatic hydroxyl groups is 1. The van der Waals surface area contributed by atoms with Crippen LogP contribution in [0.5, 0.6) is 0 Å². The molecular formula is C16H23FN2O2S. The zero-order valence-electron chi connectivity index (χ0n) is 12.7. The van der Waals surface area contributed by atoms with Crippen molar-refractivity contribution in [3.8, 4) is 0 Å². The summed E-state index contributed by atoms with van der Waals surface area (Å²) < 4.78 is 13.5. The molecule has 0 radical (unpaired) electrons. The molecule has 4 nitrogen and oxygen atoms in total. The number of rotatable bonds is 6. The van der Waals surface area contributed by atoms with Crippen molar-refractivity contribution in [3.63, 3.8) is 0 Å². The Morgan fingerprint density at radius 1 is 1.45 bits per heavy atom. The maximum absolute atomic E-state index is 13.5. The largest absolute Gasteiger partial charge is 0.386 e. The molecule has 6 heteroatoms. The quantitative estimate of drug-likeness (QED) is 0.753. The van der Waals surface area contributed by atoms with Crippen molar-refractivity contribution in [3.05, 3.63) is 35.6 Å². The molecule has 1 aromatic rings. The van der Waals surface area contributed by atoms with Crippen molar-refractivity contribution in [2.24, 2.45) is 0 Å². The Balaban J connectivity index is 1.73. The van der Waals surface area contributed by atoms with Gasteiger partial charge < -0.3 is 15.7 Å². The van der Waals surface area contributed by atoms with Crippen molar-refractivity contribution >= 4 is 17.8 Å². The van der Waals surface area contributed by atoms with Crippen LogP contribution in [0.25, 0.3) is 0 Å². The molecule has 0 bridgehead atoms. The zero-order valence-corrected chi connectivity index (χ0v) is 13.5. The van der Waals surface area contributed by atoms with Crippen molar-refractivity contribution in [2.45, 2.75) is 43.6 Å². The van der Waals surface area contributed by atoms with Gasteiger partial charge in [0.1, 0.15) is 5.82 Å². The molecule has 0 saturated heterocycles. The van der Waals surface area contributed by atoms with Crippen LogP contribution in [-0.4, -0.2) is 34.7 Å². The SMILES string of the molecule is CCS[C@@H]1CC[C@@H](NC(=O)NC[C@H](O)c2ccccc2F)C1. The molecule has 0 spiro atoms. The van der Waals surface area contributed by atoms with E-state index in [0.717, 1.165) is 25.0 Å². The lowest BCUT2D eigenvalue weighted by molar-refractivity contribution is 0.168. The summed E-state index contributed by atoms with van der Waals surface area (Å²) >= 11 is 1.93. The molecule has 0 aliphatic heterocycles. The number of carbonyl (C=O) groups excluding carboxylic acids is 1. The average Bonchev–Trinajstić information content (AvgIpc) is 2.93. The highest BCUT2D eigenvalue weighted by Gasteiger charge is 2.25. The number of nitrogens with one attached hydrogen (secondary N) is 2. The Morgan fingerprint density at radius 3 is 2.95 bits per heavy atom. The minimum atomic E-state index is -1.04. The maximum atomic E-state index is 13.5. The van der Waals surface area contributed by atoms with Gasteiger partial charge in [0.05, 0.1) is 6.10 Å². The number of thioether (sulfide) groups is 1. The van der Waals surface area contributed by atoms with Gasteiger partial charge in [0.15, 0.2) is 0 Å². The van der Waals surface area contributed by atoms with Gasteiger partial charge in [-0.1, -0.05) is 25.1 Å². The van der Waals surface area contributed by atoms with Crippen molar-refractivity contribution in [2.75, 3.05) is 12.3 Å². The predicted octanol–water partition coefficient (Wildman–Crippen LogP) is 2.83. The summed E-state index contributed by atoms with van der Waals surface area (Å²) in [6.07, 6.45) is 2.06. The smallest absolute Gasteiger partial charge is 0.315 e. The summed E-state index contributed by atoms with van der Waals surface area (Å²) in [6, 6.07) is 5.92. The van der Waals surface area contributed by atoms with E-state index in [1.54, 1.807) is 12.1 Å². The van der Waals surface area contributed by atoms with Gasteiger partial charge >= 0.3 is 6.03 Å². The van der Waals surface area contributed by atoms with Crippen LogP contribution in [-0.2, 0) is 0 Å². The van der Waals surface area contributed by atoms with Crippen LogP contribution in [0.2, 0.25) is 0 Å². The first-order valence-electron chi connectivity index (χ1n) is 7.68. The summed E-state index contributed by atoms with van der Waals surface area (Å²) in [5.74, 6) is 0.630. The van der Waals surface area contributed by atoms with Crippen LogP contribution < -0.4 is 10.6 Å². The van der Waals surface area contributed by atoms with E-state index in [4.69, 9.17) is 0 Å². The lowest BCUT2D eigenvalue weighted by atomic mass is 10.1. The van der Waals surface area contributed by atoms with E-state index in [9.17, 15) is 14.3 Å². The molecule has 1 saturated carbocycles. The maximum Gasteiger partial charge on any atom is 0.315 e. The third-order valence-corrected chi connectivity index (χ3v) is 5.08. The first kappa shape index (κ1) is 17.1. The normalized spacial score (nSPS) is 22.3. The highest BCUT2D eigenvalue weighted by atomic mass is 32.2. The fraction of sp³-hybridized carbons (Fsp3) is 0.562. The number of urea groups is 1. The van der Waals surface area contributed by atoms with Crippen molar-refractivity contribution < 1.29 is 14.3 Å². The lowest BCUT2D eigenvalue weighted by Gasteiger charge is -2.16. The van der Waals surface area contributed by atoms with Gasteiger partial charge in [0, 0.05) is 23.4 Å². The molecule has 3 atom stereocenters. The minimum Gasteiger partial charge on any atom is -0.386 e. The molecule has 22 heavy (non-hydrogen) atoms. The van der Waals surface area contributed by atoms with Crippen LogP contribution >= 0.6 is 11.8 Å². The van der Waals surface area contributed by atoms with Crippen LogP contribution in [0.15, 0.2) is 24.3 Å². The number of hydrogen-bond donors (Lipinski definition) is 3. The second kappa shape index (κ2) is 8.39. The Bertz CT molecular complexity index is 501. The molecule has 122 valence electrons. The number of amides is 2. The molecule has 2 amide bonds. The Labute approximate surface area is 134 Å². The zero-order chi connectivity index (χ0) is 15.9. The van der Waals surface area contributed by atoms with Crippen LogP contribution in [0.4, 0.5) is 9.18 Å². The molecule has 0 heterocycles. The summed E-state index contributed by atoms with van der Waals surface area (Å²) in [7, 11) is 0. The van der Waals surface area contributed by atoms with Crippen LogP contribution in [0.1, 0.15) is 37.9 Å². The predicted molar refractivity (Wildman–Crippen MR) is 87.5 cm³/mol. The Morgan fingerprint density at radius 2 is 2.23 bits per heavy atom. The van der Waals surface area contributed by atoms with Crippen LogP contribution in [0, 0.1) is 5.82 Å². The fourth-order valence-corrected chi connectivity index (χ4v) is 3.88. The standard InChI is InChI=1S/C16H23FN2O2S/c1-2-22-12-8-7-11(9-12)19-16(21)18-10-15(20)13-5-3-4-6-14(13)17/h3-6,11-12,15,20H,2,7-10H2,1H3,(H2,18,19,21)/t11-,12-,15+/m1/s1. The van der Waals surface area contributed by atoms with Gasteiger partial charge in [-0.3, -0.25) is 0 Å². The van der Waals surface area contributed by atoms with E-state index in [-0.39, 0.29) is 24.2 Å². The lowest BCUT2D eigenvalue weighted by Crippen LogP contribution is -2.42. The van der Waals surface area contributed by atoms with E-state index in [1.807, 2.05) is 11.8 Å². The molecule has 2 rings (SSSR count). The average molecular weight is 326 g/mol. The highest BCUT2D eigenvalue weighted by Crippen LogP contribution is 2.29. The third-order valence-electron chi connectivity index (χ3n) is 3.84. The number of hydrogen-bond acceptors (Lipinski definition) is 3. The first-order valence-corrected chi connectivity index (χ1v) is 8.73. The van der Waals surface area contributed by atoms with E-state index >= 15 is 0 Å². The van der Waals surface area contributed by atoms with Crippen molar-refractivity contribution in [1.82, 2.24) is 10.6 Å². The number of benzene rings is 1. The number of aliphatic hydroxyl groups excluding tert-OH is 1. The Kier molecular flexibility index (Phi) is 6.51. The van der Waals surface area contributed by atoms with E-state index in [2.05, 4.69) is 17.6 Å². The molecule has 0 aromatic heterocycles. The Hall–Kier alpha value is -1.27. The van der Waals surface area contributed by atoms with Crippen molar-refractivity contribution in [1.29, 1.82) is 0 Å². The van der Waals surface area contributed by atoms with E-state index < -0.39 is 11.9 Å². The van der Waals surface area contributed by atoms with E-state index in [0.29, 0.717) is 5.25 Å². The fourth-order valence-electron chi connectivity index (χ4n) is 2.74. The molecule has 1 aliphatic rings. The monoisotopic (exact) mass is 326 g/mol. The summed E-state index contributed by atoms with van der Waals surface area (Å²) in [4.78, 5) is 11.9. The highest BCUT2D eigenvalue weighted by molar-refractivity contribution is 7.99. The third kappa shape index (κ3) is 4.88. The summed E-state index contributed by atoms with van der Waals surface area (Å²) in [5, 5.41) is 16.1. The minimum absolute atomic E-state index is 0.00732. The van der Waals surface area contributed by atoms with Gasteiger partial charge in [-0.2, -0.15) is 11.8 Å². The molecule has 1 aliphatic carbocycles. The van der Waals surface area contributed by atoms with Gasteiger partial charge in [0.2, 0.25) is 0 Å². The molecular weight excluding hydrogens is 303 g/mol. The first-order chi connectivity index (χ1) is 10.6. The molecule has 0 unspecified atom stereocenters. The van der Waals surface area contributed by atoms with Gasteiger partial charge in [-0.05, 0) is 31.1 Å². The summed E-state index contributed by atoms with van der Waals surface area (Å²) in [5.41, 5.74) is 0.197. The van der Waals surface area contributed by atoms with Gasteiger partial charge in [-0.15, -0.1) is 0 Å². The van der Waals surface area contributed by atoms with Gasteiger partial charge in [-0.25, -0.2) is 9.18 Å². The second-order valence-electron chi connectivity index (χ2n) is 5.48. The summed E-state index contributed by atoms with van der Waals surface area (Å²) in [6.45, 7) is 2.13. The number of halogens is 1. The van der Waals surface area contributed by atoms with E-state index in [1.165, 1.54) is 12.1 Å². The molecule has 3 N–H and O–H groups in total. The number of carbonyl (C=O) groups is 1. The van der Waals surface area contributed by atoms with Crippen LogP contribution in [0.3, 0.4) is 0 Å². The van der Waals surface area contributed by atoms with Gasteiger partial charge in [0.25, 0.3) is 0 Å². The molecule has 1 aromatic carbocycles. The second-order valence-corrected chi connectivity index (χ2v) is 7.06.